The van der Waals surface area contributed by atoms with Gasteiger partial charge in [0, 0.05) is 25.4 Å². The zero-order valence-corrected chi connectivity index (χ0v) is 14.1. The maximum absolute atomic E-state index is 12.8. The molecule has 0 atom stereocenters. The van der Waals surface area contributed by atoms with E-state index in [9.17, 15) is 9.59 Å². The number of carboxylic acid groups (broad SMARTS) is 1. The number of anilines is 1. The SMILES string of the molecule is COCCN(C(=O)c1ccc(C(=O)O)o1)c1ccc(OC)c(OC)c1. The van der Waals surface area contributed by atoms with Crippen molar-refractivity contribution in [3.8, 4) is 11.5 Å². The highest BCUT2D eigenvalue weighted by Gasteiger charge is 2.23. The fraction of sp³-hybridized carbons (Fsp3) is 0.294. The van der Waals surface area contributed by atoms with Crippen LogP contribution in [0, 0.1) is 0 Å². The van der Waals surface area contributed by atoms with E-state index in [0.29, 0.717) is 17.2 Å². The van der Waals surface area contributed by atoms with Gasteiger partial charge in [-0.15, -0.1) is 0 Å². The highest BCUT2D eigenvalue weighted by Crippen LogP contribution is 2.32. The molecule has 0 bridgehead atoms. The molecule has 8 heteroatoms. The molecule has 0 unspecified atom stereocenters. The van der Waals surface area contributed by atoms with Gasteiger partial charge < -0.3 is 28.6 Å². The maximum atomic E-state index is 12.8. The van der Waals surface area contributed by atoms with Gasteiger partial charge in [0.15, 0.2) is 17.3 Å². The summed E-state index contributed by atoms with van der Waals surface area (Å²) in [5.41, 5.74) is 0.535. The number of hydrogen-bond donors (Lipinski definition) is 1. The van der Waals surface area contributed by atoms with Crippen LogP contribution in [0.25, 0.3) is 0 Å². The van der Waals surface area contributed by atoms with Crippen molar-refractivity contribution in [1.82, 2.24) is 0 Å². The van der Waals surface area contributed by atoms with Gasteiger partial charge in [-0.3, -0.25) is 4.79 Å². The molecule has 0 saturated heterocycles. The fourth-order valence-corrected chi connectivity index (χ4v) is 2.22. The summed E-state index contributed by atoms with van der Waals surface area (Å²) in [7, 11) is 4.53. The minimum atomic E-state index is -1.24. The lowest BCUT2D eigenvalue weighted by Crippen LogP contribution is -2.33. The van der Waals surface area contributed by atoms with E-state index < -0.39 is 11.9 Å². The number of carbonyl (C=O) groups excluding carboxylic acids is 1. The number of carboxylic acids is 1. The molecule has 8 nitrogen and oxygen atoms in total. The Morgan fingerprint density at radius 3 is 2.28 bits per heavy atom. The Hall–Kier alpha value is -3.00. The average molecular weight is 349 g/mol. The molecule has 0 fully saturated rings. The second-order valence-corrected chi connectivity index (χ2v) is 4.96. The maximum Gasteiger partial charge on any atom is 0.371 e. The van der Waals surface area contributed by atoms with Crippen molar-refractivity contribution < 1.29 is 33.3 Å². The van der Waals surface area contributed by atoms with Crippen LogP contribution in [0.5, 0.6) is 11.5 Å². The Labute approximate surface area is 144 Å². The van der Waals surface area contributed by atoms with Gasteiger partial charge in [-0.2, -0.15) is 0 Å². The third-order valence-corrected chi connectivity index (χ3v) is 3.47. The highest BCUT2D eigenvalue weighted by molar-refractivity contribution is 6.05. The second kappa shape index (κ2) is 8.20. The summed E-state index contributed by atoms with van der Waals surface area (Å²) in [6.07, 6.45) is 0. The summed E-state index contributed by atoms with van der Waals surface area (Å²) < 4.78 is 20.6. The molecule has 134 valence electrons. The molecular weight excluding hydrogens is 330 g/mol. The number of amides is 1. The normalized spacial score (nSPS) is 10.4. The molecule has 0 spiro atoms. The standard InChI is InChI=1S/C17H19NO7/c1-22-9-8-18(11-4-5-12(23-2)15(10-11)24-3)16(19)13-6-7-14(25-13)17(20)21/h4-7,10H,8-9H2,1-3H3,(H,20,21). The third-order valence-electron chi connectivity index (χ3n) is 3.47. The molecule has 0 aliphatic carbocycles. The number of furan rings is 1. The minimum Gasteiger partial charge on any atom is -0.493 e. The number of hydrogen-bond acceptors (Lipinski definition) is 6. The molecule has 1 heterocycles. The zero-order valence-electron chi connectivity index (χ0n) is 14.1. The number of nitrogens with zero attached hydrogens (tertiary/aromatic N) is 1. The van der Waals surface area contributed by atoms with E-state index >= 15 is 0 Å². The van der Waals surface area contributed by atoms with Crippen LogP contribution in [0.3, 0.4) is 0 Å². The molecule has 2 rings (SSSR count). The number of ether oxygens (including phenoxy) is 3. The monoisotopic (exact) mass is 349 g/mol. The highest BCUT2D eigenvalue weighted by atomic mass is 16.5. The van der Waals surface area contributed by atoms with E-state index in [4.69, 9.17) is 23.7 Å². The lowest BCUT2D eigenvalue weighted by molar-refractivity contribution is 0.0660. The van der Waals surface area contributed by atoms with Crippen molar-refractivity contribution in [3.63, 3.8) is 0 Å². The van der Waals surface area contributed by atoms with Crippen molar-refractivity contribution in [2.24, 2.45) is 0 Å². The average Bonchev–Trinajstić information content (AvgIpc) is 3.12. The van der Waals surface area contributed by atoms with E-state index in [1.54, 1.807) is 18.2 Å². The van der Waals surface area contributed by atoms with Gasteiger partial charge in [0.1, 0.15) is 0 Å². The molecule has 1 aromatic carbocycles. The molecule has 1 N–H and O–H groups in total. The first kappa shape index (κ1) is 18.3. The van der Waals surface area contributed by atoms with Crippen LogP contribution < -0.4 is 14.4 Å². The van der Waals surface area contributed by atoms with Crippen LogP contribution in [0.15, 0.2) is 34.7 Å². The Morgan fingerprint density at radius 1 is 1.04 bits per heavy atom. The fourth-order valence-electron chi connectivity index (χ4n) is 2.22. The Kier molecular flexibility index (Phi) is 6.02. The summed E-state index contributed by atoms with van der Waals surface area (Å²) >= 11 is 0. The van der Waals surface area contributed by atoms with E-state index in [1.807, 2.05) is 0 Å². The van der Waals surface area contributed by atoms with Gasteiger partial charge in [-0.25, -0.2) is 4.79 Å². The van der Waals surface area contributed by atoms with Gasteiger partial charge >= 0.3 is 5.97 Å². The number of aromatic carboxylic acids is 1. The van der Waals surface area contributed by atoms with Gasteiger partial charge in [-0.1, -0.05) is 0 Å². The molecule has 0 radical (unpaired) electrons. The van der Waals surface area contributed by atoms with Crippen LogP contribution in [-0.2, 0) is 4.74 Å². The van der Waals surface area contributed by atoms with Crippen molar-refractivity contribution >= 4 is 17.6 Å². The van der Waals surface area contributed by atoms with Crippen molar-refractivity contribution in [1.29, 1.82) is 0 Å². The zero-order chi connectivity index (χ0) is 18.4. The van der Waals surface area contributed by atoms with E-state index in [0.717, 1.165) is 0 Å². The third kappa shape index (κ3) is 4.10. The van der Waals surface area contributed by atoms with Crippen LogP contribution in [0.1, 0.15) is 21.1 Å². The molecule has 25 heavy (non-hydrogen) atoms. The topological polar surface area (TPSA) is 98.4 Å². The van der Waals surface area contributed by atoms with Crippen molar-refractivity contribution in [3.05, 3.63) is 41.9 Å². The van der Waals surface area contributed by atoms with Crippen molar-refractivity contribution in [2.75, 3.05) is 39.4 Å². The number of rotatable bonds is 8. The van der Waals surface area contributed by atoms with Gasteiger partial charge in [0.05, 0.1) is 20.8 Å². The number of methoxy groups -OCH3 is 3. The molecule has 1 amide bonds. The molecule has 0 aliphatic heterocycles. The van der Waals surface area contributed by atoms with Gasteiger partial charge in [-0.05, 0) is 24.3 Å². The first-order valence-electron chi connectivity index (χ1n) is 7.37. The van der Waals surface area contributed by atoms with E-state index in [-0.39, 0.29) is 24.7 Å². The molecule has 0 saturated carbocycles. The second-order valence-electron chi connectivity index (χ2n) is 4.96. The number of benzene rings is 1. The lowest BCUT2D eigenvalue weighted by atomic mass is 10.2. The minimum absolute atomic E-state index is 0.0803. The summed E-state index contributed by atoms with van der Waals surface area (Å²) in [6, 6.07) is 7.57. The summed E-state index contributed by atoms with van der Waals surface area (Å²) in [5, 5.41) is 8.93. The van der Waals surface area contributed by atoms with Crippen LogP contribution in [-0.4, -0.2) is 51.5 Å². The molecule has 2 aromatic rings. The van der Waals surface area contributed by atoms with Crippen LogP contribution >= 0.6 is 0 Å². The van der Waals surface area contributed by atoms with Crippen molar-refractivity contribution in [2.45, 2.75) is 0 Å². The van der Waals surface area contributed by atoms with Gasteiger partial charge in [0.25, 0.3) is 5.91 Å². The lowest BCUT2D eigenvalue weighted by Gasteiger charge is -2.22. The molecular formula is C17H19NO7. The Bertz CT molecular complexity index is 753. The van der Waals surface area contributed by atoms with Crippen LogP contribution in [0.2, 0.25) is 0 Å². The Balaban J connectivity index is 2.37. The van der Waals surface area contributed by atoms with Crippen LogP contribution in [0.4, 0.5) is 5.69 Å². The van der Waals surface area contributed by atoms with E-state index in [1.165, 1.54) is 38.4 Å². The first-order valence-corrected chi connectivity index (χ1v) is 7.37. The summed E-state index contributed by atoms with van der Waals surface area (Å²) in [4.78, 5) is 25.1. The first-order chi connectivity index (χ1) is 12.0. The van der Waals surface area contributed by atoms with E-state index in [2.05, 4.69) is 0 Å². The number of carbonyl (C=O) groups is 2. The Morgan fingerprint density at radius 2 is 1.72 bits per heavy atom. The predicted molar refractivity (Wildman–Crippen MR) is 88.8 cm³/mol. The smallest absolute Gasteiger partial charge is 0.371 e. The summed E-state index contributed by atoms with van der Waals surface area (Å²) in [5.74, 6) is -1.13. The quantitative estimate of drug-likeness (QED) is 0.780. The largest absolute Gasteiger partial charge is 0.493 e. The predicted octanol–water partition coefficient (Wildman–Crippen LogP) is 2.29. The molecule has 0 aliphatic rings. The van der Waals surface area contributed by atoms with Gasteiger partial charge in [0.2, 0.25) is 5.76 Å². The summed E-state index contributed by atoms with van der Waals surface area (Å²) in [6.45, 7) is 0.528. The molecule has 1 aromatic heterocycles.